The van der Waals surface area contributed by atoms with Crippen molar-refractivity contribution in [3.05, 3.63) is 199 Å². The van der Waals surface area contributed by atoms with Crippen molar-refractivity contribution >= 4 is 48.6 Å². The first kappa shape index (κ1) is 31.5. The summed E-state index contributed by atoms with van der Waals surface area (Å²) in [6, 6.07) is 69.0. The Kier molecular flexibility index (Phi) is 7.42. The molecule has 10 rings (SSSR count). The van der Waals surface area contributed by atoms with E-state index in [1.54, 1.807) is 0 Å². The van der Waals surface area contributed by atoms with Crippen molar-refractivity contribution in [3.8, 4) is 44.5 Å². The molecule has 0 fully saturated rings. The number of thiophene rings is 1. The van der Waals surface area contributed by atoms with Gasteiger partial charge in [-0.3, -0.25) is 0 Å². The molecule has 1 heterocycles. The Balaban J connectivity index is 1.04. The molecular formula is C51H37NS. The SMILES string of the molecule is CC1(C)c2ccccc2-c2ccc(-c3ccc4sc5ccc(N(c6ccccc6)c6ccc(-c7cccc(-c8ccccc8)c7)cc6)cc5c4c3)cc21. The van der Waals surface area contributed by atoms with Gasteiger partial charge in [-0.05, 0) is 122 Å². The lowest BCUT2D eigenvalue weighted by Crippen LogP contribution is -2.14. The van der Waals surface area contributed by atoms with Gasteiger partial charge < -0.3 is 4.90 Å². The molecule has 0 atom stereocenters. The fourth-order valence-corrected chi connectivity index (χ4v) is 9.37. The Morgan fingerprint density at radius 1 is 0.358 bits per heavy atom. The van der Waals surface area contributed by atoms with Gasteiger partial charge in [0.15, 0.2) is 0 Å². The molecule has 1 aliphatic carbocycles. The monoisotopic (exact) mass is 695 g/mol. The Labute approximate surface area is 315 Å². The molecule has 1 aliphatic rings. The second kappa shape index (κ2) is 12.5. The van der Waals surface area contributed by atoms with Crippen LogP contribution in [0.15, 0.2) is 188 Å². The summed E-state index contributed by atoms with van der Waals surface area (Å²) in [6.07, 6.45) is 0. The van der Waals surface area contributed by atoms with Crippen LogP contribution in [0, 0.1) is 0 Å². The quantitative estimate of drug-likeness (QED) is 0.167. The van der Waals surface area contributed by atoms with Crippen molar-refractivity contribution in [2.45, 2.75) is 19.3 Å². The first-order chi connectivity index (χ1) is 26.0. The minimum Gasteiger partial charge on any atom is -0.310 e. The van der Waals surface area contributed by atoms with E-state index in [4.69, 9.17) is 0 Å². The third-order valence-corrected chi connectivity index (χ3v) is 12.2. The molecule has 0 saturated carbocycles. The predicted octanol–water partition coefficient (Wildman–Crippen LogP) is 14.8. The van der Waals surface area contributed by atoms with Crippen LogP contribution >= 0.6 is 11.3 Å². The normalized spacial score (nSPS) is 12.9. The van der Waals surface area contributed by atoms with Crippen molar-refractivity contribution in [2.24, 2.45) is 0 Å². The van der Waals surface area contributed by atoms with Crippen LogP contribution in [0.4, 0.5) is 17.1 Å². The lowest BCUT2D eigenvalue weighted by molar-refractivity contribution is 0.660. The standard InChI is InChI=1S/C51H37NS/c1-51(2)47-19-10-9-18-43(47)44-27-22-39(32-48(44)51)38-23-28-49-45(31-38)46-33-42(26-29-50(46)53-49)52(40-16-7-4-8-17-40)41-24-20-35(21-25-41)37-15-11-14-36(30-37)34-12-5-3-6-13-34/h3-33H,1-2H3. The Bertz CT molecular complexity index is 2790. The summed E-state index contributed by atoms with van der Waals surface area (Å²) in [5, 5.41) is 2.59. The molecule has 0 unspecified atom stereocenters. The van der Waals surface area contributed by atoms with Gasteiger partial charge in [-0.15, -0.1) is 11.3 Å². The van der Waals surface area contributed by atoms with Crippen LogP contribution in [-0.2, 0) is 5.41 Å². The van der Waals surface area contributed by atoms with Crippen LogP contribution in [0.1, 0.15) is 25.0 Å². The van der Waals surface area contributed by atoms with Crippen molar-refractivity contribution in [3.63, 3.8) is 0 Å². The maximum atomic E-state index is 2.43. The highest BCUT2D eigenvalue weighted by molar-refractivity contribution is 7.25. The number of para-hydroxylation sites is 1. The van der Waals surface area contributed by atoms with Crippen LogP contribution in [-0.4, -0.2) is 0 Å². The summed E-state index contributed by atoms with van der Waals surface area (Å²) in [5.41, 5.74) is 16.3. The molecule has 0 aliphatic heterocycles. The molecule has 9 aromatic rings. The molecule has 1 nitrogen and oxygen atoms in total. The van der Waals surface area contributed by atoms with Crippen LogP contribution in [0.5, 0.6) is 0 Å². The summed E-state index contributed by atoms with van der Waals surface area (Å²) in [4.78, 5) is 2.37. The Morgan fingerprint density at radius 2 is 0.868 bits per heavy atom. The lowest BCUT2D eigenvalue weighted by Gasteiger charge is -2.26. The summed E-state index contributed by atoms with van der Waals surface area (Å²) in [5.74, 6) is 0. The maximum Gasteiger partial charge on any atom is 0.0468 e. The Hall–Kier alpha value is -6.22. The minimum absolute atomic E-state index is 0.0265. The summed E-state index contributed by atoms with van der Waals surface area (Å²) in [7, 11) is 0. The smallest absolute Gasteiger partial charge is 0.0468 e. The Morgan fingerprint density at radius 3 is 1.64 bits per heavy atom. The van der Waals surface area contributed by atoms with E-state index in [9.17, 15) is 0 Å². The zero-order valence-corrected chi connectivity index (χ0v) is 30.6. The van der Waals surface area contributed by atoms with Crippen molar-refractivity contribution in [2.75, 3.05) is 4.90 Å². The van der Waals surface area contributed by atoms with Crippen LogP contribution in [0.25, 0.3) is 64.7 Å². The number of hydrogen-bond donors (Lipinski definition) is 0. The van der Waals surface area contributed by atoms with E-state index >= 15 is 0 Å². The predicted molar refractivity (Wildman–Crippen MR) is 228 cm³/mol. The summed E-state index contributed by atoms with van der Waals surface area (Å²) >= 11 is 1.87. The van der Waals surface area contributed by atoms with Gasteiger partial charge in [-0.1, -0.05) is 135 Å². The maximum absolute atomic E-state index is 2.43. The molecule has 0 bridgehead atoms. The van der Waals surface area contributed by atoms with Gasteiger partial charge in [0, 0.05) is 42.6 Å². The molecule has 0 radical (unpaired) electrons. The van der Waals surface area contributed by atoms with E-state index in [0.29, 0.717) is 0 Å². The molecule has 0 spiro atoms. The molecule has 0 N–H and O–H groups in total. The largest absolute Gasteiger partial charge is 0.310 e. The first-order valence-electron chi connectivity index (χ1n) is 18.3. The van der Waals surface area contributed by atoms with E-state index in [1.807, 2.05) is 11.3 Å². The highest BCUT2D eigenvalue weighted by Gasteiger charge is 2.35. The first-order valence-corrected chi connectivity index (χ1v) is 19.2. The lowest BCUT2D eigenvalue weighted by atomic mass is 9.81. The number of anilines is 3. The summed E-state index contributed by atoms with van der Waals surface area (Å²) < 4.78 is 2.61. The molecular weight excluding hydrogens is 659 g/mol. The number of benzene rings is 8. The van der Waals surface area contributed by atoms with E-state index in [2.05, 4.69) is 207 Å². The van der Waals surface area contributed by atoms with Crippen LogP contribution in [0.3, 0.4) is 0 Å². The second-order valence-corrected chi connectivity index (χ2v) is 15.7. The van der Waals surface area contributed by atoms with Crippen molar-refractivity contribution < 1.29 is 0 Å². The zero-order valence-electron chi connectivity index (χ0n) is 29.8. The minimum atomic E-state index is -0.0265. The topological polar surface area (TPSA) is 3.24 Å². The molecule has 1 aromatic heterocycles. The van der Waals surface area contributed by atoms with Gasteiger partial charge in [0.25, 0.3) is 0 Å². The molecule has 0 saturated heterocycles. The number of fused-ring (bicyclic) bond motifs is 6. The van der Waals surface area contributed by atoms with E-state index < -0.39 is 0 Å². The fraction of sp³-hybridized carbons (Fsp3) is 0.0588. The molecule has 252 valence electrons. The highest BCUT2D eigenvalue weighted by atomic mass is 32.1. The van der Waals surface area contributed by atoms with Gasteiger partial charge in [0.1, 0.15) is 0 Å². The van der Waals surface area contributed by atoms with E-state index in [0.717, 1.165) is 17.1 Å². The average Bonchev–Trinajstić information content (AvgIpc) is 3.70. The zero-order chi connectivity index (χ0) is 35.5. The summed E-state index contributed by atoms with van der Waals surface area (Å²) in [6.45, 7) is 4.71. The number of nitrogens with zero attached hydrogens (tertiary/aromatic N) is 1. The number of rotatable bonds is 6. The van der Waals surface area contributed by atoms with Gasteiger partial charge in [0.2, 0.25) is 0 Å². The van der Waals surface area contributed by atoms with Gasteiger partial charge in [-0.25, -0.2) is 0 Å². The van der Waals surface area contributed by atoms with Crippen LogP contribution < -0.4 is 4.90 Å². The molecule has 2 heteroatoms. The molecule has 53 heavy (non-hydrogen) atoms. The molecule has 0 amide bonds. The van der Waals surface area contributed by atoms with E-state index in [1.165, 1.54) is 75.8 Å². The van der Waals surface area contributed by atoms with Crippen molar-refractivity contribution in [1.82, 2.24) is 0 Å². The number of hydrogen-bond acceptors (Lipinski definition) is 2. The third kappa shape index (κ3) is 5.37. The van der Waals surface area contributed by atoms with Gasteiger partial charge in [0.05, 0.1) is 0 Å². The third-order valence-electron chi connectivity index (χ3n) is 11.1. The van der Waals surface area contributed by atoms with Gasteiger partial charge in [-0.2, -0.15) is 0 Å². The second-order valence-electron chi connectivity index (χ2n) is 14.6. The van der Waals surface area contributed by atoms with Crippen molar-refractivity contribution in [1.29, 1.82) is 0 Å². The fourth-order valence-electron chi connectivity index (χ4n) is 8.30. The van der Waals surface area contributed by atoms with E-state index in [-0.39, 0.29) is 5.41 Å². The highest BCUT2D eigenvalue weighted by Crippen LogP contribution is 2.50. The van der Waals surface area contributed by atoms with Crippen LogP contribution in [0.2, 0.25) is 0 Å². The average molecular weight is 696 g/mol. The van der Waals surface area contributed by atoms with Gasteiger partial charge >= 0.3 is 0 Å². The molecule has 8 aromatic carbocycles.